The van der Waals surface area contributed by atoms with Crippen LogP contribution >= 0.6 is 0 Å². The molecule has 0 aromatic heterocycles. The number of carbonyl (C=O) groups is 2. The molecule has 5 heteroatoms. The Kier molecular flexibility index (Phi) is 6.02. The van der Waals surface area contributed by atoms with Gasteiger partial charge in [0.25, 0.3) is 5.91 Å². The Hall–Kier alpha value is -1.88. The van der Waals surface area contributed by atoms with Gasteiger partial charge in [-0.25, -0.2) is 0 Å². The van der Waals surface area contributed by atoms with Crippen LogP contribution in [0.3, 0.4) is 0 Å². The normalized spacial score (nSPS) is 11.7. The molecule has 2 amide bonds. The number of amides is 2. The highest BCUT2D eigenvalue weighted by Crippen LogP contribution is 2.02. The van der Waals surface area contributed by atoms with E-state index in [2.05, 4.69) is 10.6 Å². The molecule has 0 fully saturated rings. The fraction of sp³-hybridized carbons (Fsp3) is 0.429. The van der Waals surface area contributed by atoms with Crippen molar-refractivity contribution >= 4 is 11.8 Å². The Bertz CT molecular complexity index is 427. The number of hydrogen-bond donors (Lipinski definition) is 3. The first kappa shape index (κ1) is 15.2. The van der Waals surface area contributed by atoms with Crippen molar-refractivity contribution in [2.45, 2.75) is 26.3 Å². The highest BCUT2D eigenvalue weighted by atomic mass is 16.2. The predicted octanol–water partition coefficient (Wildman–Crippen LogP) is 0.578. The summed E-state index contributed by atoms with van der Waals surface area (Å²) in [5.74, 6) is -0.235. The average Bonchev–Trinajstić information content (AvgIpc) is 2.34. The zero-order chi connectivity index (χ0) is 14.3. The first-order chi connectivity index (χ1) is 8.99. The van der Waals surface area contributed by atoms with E-state index in [-0.39, 0.29) is 17.9 Å². The molecule has 0 spiro atoms. The Labute approximate surface area is 113 Å². The summed E-state index contributed by atoms with van der Waals surface area (Å²) in [6, 6.07) is 7.18. The Morgan fingerprint density at radius 1 is 1.16 bits per heavy atom. The van der Waals surface area contributed by atoms with Crippen LogP contribution in [0.15, 0.2) is 24.3 Å². The zero-order valence-corrected chi connectivity index (χ0v) is 11.4. The van der Waals surface area contributed by atoms with E-state index in [1.54, 1.807) is 19.1 Å². The van der Waals surface area contributed by atoms with Gasteiger partial charge in [-0.1, -0.05) is 17.7 Å². The Balaban J connectivity index is 2.24. The van der Waals surface area contributed by atoms with E-state index in [0.717, 1.165) is 5.56 Å². The molecule has 5 nitrogen and oxygen atoms in total. The molecule has 1 unspecified atom stereocenters. The number of nitrogens with one attached hydrogen (secondary N) is 2. The molecule has 19 heavy (non-hydrogen) atoms. The maximum atomic E-state index is 11.7. The largest absolute Gasteiger partial charge is 0.354 e. The molecule has 1 rings (SSSR count). The lowest BCUT2D eigenvalue weighted by Gasteiger charge is -2.08. The molecule has 1 atom stereocenters. The van der Waals surface area contributed by atoms with Crippen molar-refractivity contribution in [3.63, 3.8) is 0 Å². The van der Waals surface area contributed by atoms with Gasteiger partial charge in [0.2, 0.25) is 5.91 Å². The highest BCUT2D eigenvalue weighted by molar-refractivity contribution is 5.94. The van der Waals surface area contributed by atoms with Gasteiger partial charge < -0.3 is 16.4 Å². The molecule has 0 bridgehead atoms. The third-order valence-electron chi connectivity index (χ3n) is 2.55. The lowest BCUT2D eigenvalue weighted by Crippen LogP contribution is -2.36. The quantitative estimate of drug-likeness (QED) is 0.656. The summed E-state index contributed by atoms with van der Waals surface area (Å²) in [5.41, 5.74) is 7.23. The lowest BCUT2D eigenvalue weighted by atomic mass is 10.1. The Morgan fingerprint density at radius 2 is 1.74 bits per heavy atom. The fourth-order valence-corrected chi connectivity index (χ4v) is 1.55. The minimum absolute atomic E-state index is 0.0976. The SMILES string of the molecule is Cc1ccc(C(=O)NCCNC(=O)CC(C)N)cc1. The van der Waals surface area contributed by atoms with E-state index in [1.807, 2.05) is 19.1 Å². The number of benzene rings is 1. The van der Waals surface area contributed by atoms with E-state index in [9.17, 15) is 9.59 Å². The number of carbonyl (C=O) groups excluding carboxylic acids is 2. The number of aryl methyl sites for hydroxylation is 1. The molecule has 0 aliphatic heterocycles. The van der Waals surface area contributed by atoms with Crippen molar-refractivity contribution in [2.75, 3.05) is 13.1 Å². The second-order valence-electron chi connectivity index (χ2n) is 4.65. The van der Waals surface area contributed by atoms with E-state index in [0.29, 0.717) is 25.1 Å². The standard InChI is InChI=1S/C14H21N3O2/c1-10-3-5-12(6-4-10)14(19)17-8-7-16-13(18)9-11(2)15/h3-6,11H,7-9,15H2,1-2H3,(H,16,18)(H,17,19). The second-order valence-corrected chi connectivity index (χ2v) is 4.65. The van der Waals surface area contributed by atoms with Crippen molar-refractivity contribution < 1.29 is 9.59 Å². The van der Waals surface area contributed by atoms with Gasteiger partial charge in [0.05, 0.1) is 0 Å². The summed E-state index contributed by atoms with van der Waals surface area (Å²) in [4.78, 5) is 23.0. The highest BCUT2D eigenvalue weighted by Gasteiger charge is 2.06. The van der Waals surface area contributed by atoms with Gasteiger partial charge in [-0.15, -0.1) is 0 Å². The van der Waals surface area contributed by atoms with Crippen LogP contribution in [0, 0.1) is 6.92 Å². The minimum atomic E-state index is -0.151. The maximum absolute atomic E-state index is 11.7. The van der Waals surface area contributed by atoms with Gasteiger partial charge in [0, 0.05) is 31.1 Å². The summed E-state index contributed by atoms with van der Waals surface area (Å²) in [6.45, 7) is 4.55. The van der Waals surface area contributed by atoms with Crippen molar-refractivity contribution in [1.82, 2.24) is 10.6 Å². The molecule has 0 saturated heterocycles. The van der Waals surface area contributed by atoms with Gasteiger partial charge in [-0.05, 0) is 26.0 Å². The lowest BCUT2D eigenvalue weighted by molar-refractivity contribution is -0.121. The average molecular weight is 263 g/mol. The van der Waals surface area contributed by atoms with Crippen molar-refractivity contribution in [3.05, 3.63) is 35.4 Å². The molecule has 4 N–H and O–H groups in total. The van der Waals surface area contributed by atoms with Gasteiger partial charge >= 0.3 is 0 Å². The summed E-state index contributed by atoms with van der Waals surface area (Å²) in [6.07, 6.45) is 0.298. The van der Waals surface area contributed by atoms with Crippen LogP contribution in [0.1, 0.15) is 29.3 Å². The van der Waals surface area contributed by atoms with Crippen molar-refractivity contribution in [2.24, 2.45) is 5.73 Å². The van der Waals surface area contributed by atoms with Crippen molar-refractivity contribution in [1.29, 1.82) is 0 Å². The molecular weight excluding hydrogens is 242 g/mol. The molecule has 0 saturated carbocycles. The van der Waals surface area contributed by atoms with Gasteiger partial charge in [0.15, 0.2) is 0 Å². The van der Waals surface area contributed by atoms with E-state index >= 15 is 0 Å². The fourth-order valence-electron chi connectivity index (χ4n) is 1.55. The molecular formula is C14H21N3O2. The molecule has 0 heterocycles. The van der Waals surface area contributed by atoms with Crippen LogP contribution in [-0.2, 0) is 4.79 Å². The molecule has 0 aliphatic carbocycles. The van der Waals surface area contributed by atoms with Crippen LogP contribution in [0.5, 0.6) is 0 Å². The smallest absolute Gasteiger partial charge is 0.251 e. The van der Waals surface area contributed by atoms with E-state index < -0.39 is 0 Å². The summed E-state index contributed by atoms with van der Waals surface area (Å²) >= 11 is 0. The monoisotopic (exact) mass is 263 g/mol. The Morgan fingerprint density at radius 3 is 2.32 bits per heavy atom. The van der Waals surface area contributed by atoms with Crippen molar-refractivity contribution in [3.8, 4) is 0 Å². The zero-order valence-electron chi connectivity index (χ0n) is 11.4. The van der Waals surface area contributed by atoms with Crippen LogP contribution in [-0.4, -0.2) is 30.9 Å². The van der Waals surface area contributed by atoms with Gasteiger partial charge in [-0.3, -0.25) is 9.59 Å². The maximum Gasteiger partial charge on any atom is 0.251 e. The minimum Gasteiger partial charge on any atom is -0.354 e. The first-order valence-corrected chi connectivity index (χ1v) is 6.36. The molecule has 1 aromatic rings. The number of hydrogen-bond acceptors (Lipinski definition) is 3. The molecule has 0 aliphatic rings. The van der Waals surface area contributed by atoms with E-state index in [1.165, 1.54) is 0 Å². The second kappa shape index (κ2) is 7.53. The topological polar surface area (TPSA) is 84.2 Å². The first-order valence-electron chi connectivity index (χ1n) is 6.36. The molecule has 0 radical (unpaired) electrons. The summed E-state index contributed by atoms with van der Waals surface area (Å²) < 4.78 is 0. The van der Waals surface area contributed by atoms with Crippen LogP contribution < -0.4 is 16.4 Å². The number of nitrogens with two attached hydrogens (primary N) is 1. The van der Waals surface area contributed by atoms with Gasteiger partial charge in [-0.2, -0.15) is 0 Å². The van der Waals surface area contributed by atoms with Crippen LogP contribution in [0.4, 0.5) is 0 Å². The van der Waals surface area contributed by atoms with Crippen LogP contribution in [0.25, 0.3) is 0 Å². The molecule has 104 valence electrons. The molecule has 1 aromatic carbocycles. The summed E-state index contributed by atoms with van der Waals surface area (Å²) in [7, 11) is 0. The van der Waals surface area contributed by atoms with Crippen LogP contribution in [0.2, 0.25) is 0 Å². The third kappa shape index (κ3) is 6.01. The summed E-state index contributed by atoms with van der Waals surface area (Å²) in [5, 5.41) is 5.44. The predicted molar refractivity (Wildman–Crippen MR) is 74.8 cm³/mol. The number of rotatable bonds is 6. The van der Waals surface area contributed by atoms with Gasteiger partial charge in [0.1, 0.15) is 0 Å². The third-order valence-corrected chi connectivity index (χ3v) is 2.55. The van der Waals surface area contributed by atoms with E-state index in [4.69, 9.17) is 5.73 Å².